The Morgan fingerprint density at radius 2 is 1.96 bits per heavy atom. The fourth-order valence-corrected chi connectivity index (χ4v) is 3.10. The van der Waals surface area contributed by atoms with E-state index in [1.165, 1.54) is 6.92 Å². The minimum Gasteiger partial charge on any atom is -0.494 e. The Hall–Kier alpha value is -2.04. The van der Waals surface area contributed by atoms with Crippen molar-refractivity contribution in [1.82, 2.24) is 10.2 Å². The highest BCUT2D eigenvalue weighted by atomic mass is 16.5. The van der Waals surface area contributed by atoms with E-state index in [1.807, 2.05) is 36.1 Å². The normalized spacial score (nSPS) is 16.5. The van der Waals surface area contributed by atoms with E-state index in [2.05, 4.69) is 12.2 Å². The maximum absolute atomic E-state index is 12.7. The van der Waals surface area contributed by atoms with Crippen molar-refractivity contribution < 1.29 is 14.3 Å². The number of hydrogen-bond acceptors (Lipinski definition) is 3. The Balaban J connectivity index is 2.13. The van der Waals surface area contributed by atoms with Gasteiger partial charge >= 0.3 is 0 Å². The van der Waals surface area contributed by atoms with Gasteiger partial charge in [-0.25, -0.2) is 0 Å². The lowest BCUT2D eigenvalue weighted by molar-refractivity contribution is -0.133. The number of amides is 2. The molecule has 5 nitrogen and oxygen atoms in total. The third kappa shape index (κ3) is 4.98. The molecule has 0 saturated carbocycles. The van der Waals surface area contributed by atoms with E-state index in [1.54, 1.807) is 0 Å². The highest BCUT2D eigenvalue weighted by molar-refractivity contribution is 5.79. The van der Waals surface area contributed by atoms with E-state index < -0.39 is 0 Å². The van der Waals surface area contributed by atoms with E-state index in [0.29, 0.717) is 12.5 Å². The van der Waals surface area contributed by atoms with Gasteiger partial charge in [-0.3, -0.25) is 9.59 Å². The largest absolute Gasteiger partial charge is 0.494 e. The molecule has 1 heterocycles. The van der Waals surface area contributed by atoms with Crippen molar-refractivity contribution >= 4 is 11.8 Å². The summed E-state index contributed by atoms with van der Waals surface area (Å²) in [5, 5.41) is 2.91. The second-order valence-corrected chi connectivity index (χ2v) is 6.49. The molecule has 1 N–H and O–H groups in total. The summed E-state index contributed by atoms with van der Waals surface area (Å²) in [6.07, 6.45) is 2.36. The van der Waals surface area contributed by atoms with E-state index >= 15 is 0 Å². The first-order valence-corrected chi connectivity index (χ1v) is 8.77. The monoisotopic (exact) mass is 332 g/mol. The van der Waals surface area contributed by atoms with Gasteiger partial charge in [0.15, 0.2) is 0 Å². The van der Waals surface area contributed by atoms with Crippen molar-refractivity contribution in [3.05, 3.63) is 29.8 Å². The number of para-hydroxylation sites is 1. The van der Waals surface area contributed by atoms with Crippen LogP contribution in [0, 0.1) is 5.92 Å². The van der Waals surface area contributed by atoms with Crippen molar-refractivity contribution in [3.63, 3.8) is 0 Å². The van der Waals surface area contributed by atoms with Gasteiger partial charge in [0.25, 0.3) is 0 Å². The van der Waals surface area contributed by atoms with Gasteiger partial charge in [-0.05, 0) is 31.7 Å². The average molecular weight is 332 g/mol. The fraction of sp³-hybridized carbons (Fsp3) is 0.579. The molecule has 0 spiro atoms. The van der Waals surface area contributed by atoms with Gasteiger partial charge < -0.3 is 15.0 Å². The van der Waals surface area contributed by atoms with Crippen LogP contribution in [0.5, 0.6) is 5.75 Å². The summed E-state index contributed by atoms with van der Waals surface area (Å²) >= 11 is 0. The van der Waals surface area contributed by atoms with Crippen molar-refractivity contribution in [3.8, 4) is 5.75 Å². The topological polar surface area (TPSA) is 58.6 Å². The molecule has 1 aliphatic rings. The molecule has 1 aromatic rings. The van der Waals surface area contributed by atoms with Gasteiger partial charge in [0, 0.05) is 25.6 Å². The predicted molar refractivity (Wildman–Crippen MR) is 93.8 cm³/mol. The molecule has 0 radical (unpaired) electrons. The molecule has 1 atom stereocenters. The van der Waals surface area contributed by atoms with Crippen LogP contribution in [0.25, 0.3) is 0 Å². The number of hydrogen-bond donors (Lipinski definition) is 1. The zero-order valence-corrected chi connectivity index (χ0v) is 14.9. The molecule has 24 heavy (non-hydrogen) atoms. The third-order valence-electron chi connectivity index (χ3n) is 4.49. The minimum absolute atomic E-state index is 0.0898. The lowest BCUT2D eigenvalue weighted by Crippen LogP contribution is -2.40. The Morgan fingerprint density at radius 3 is 2.58 bits per heavy atom. The van der Waals surface area contributed by atoms with Gasteiger partial charge in [0.2, 0.25) is 11.8 Å². The number of ether oxygens (including phenoxy) is 1. The number of rotatable bonds is 6. The first-order valence-electron chi connectivity index (χ1n) is 8.77. The third-order valence-corrected chi connectivity index (χ3v) is 4.49. The molecular formula is C19H28N2O3. The summed E-state index contributed by atoms with van der Waals surface area (Å²) in [6, 6.07) is 7.22. The first kappa shape index (κ1) is 18.3. The molecule has 0 bridgehead atoms. The van der Waals surface area contributed by atoms with Crippen LogP contribution in [0.1, 0.15) is 51.6 Å². The first-order chi connectivity index (χ1) is 11.5. The van der Waals surface area contributed by atoms with Crippen LogP contribution in [0.3, 0.4) is 0 Å². The molecule has 0 aliphatic carbocycles. The standard InChI is InChI=1S/C19H28N2O3/c1-4-24-18-8-6-5-7-16(18)17(20-15(3)22)13-19(23)21-11-9-14(2)10-12-21/h5-8,14,17H,4,9-13H2,1-3H3,(H,20,22)/t17-/m0/s1. The Kier molecular flexibility index (Phi) is 6.64. The van der Waals surface area contributed by atoms with Gasteiger partial charge in [0.1, 0.15) is 5.75 Å². The molecule has 132 valence electrons. The number of likely N-dealkylation sites (tertiary alicyclic amines) is 1. The van der Waals surface area contributed by atoms with Crippen molar-refractivity contribution in [2.75, 3.05) is 19.7 Å². The number of benzene rings is 1. The highest BCUT2D eigenvalue weighted by Crippen LogP contribution is 2.28. The quantitative estimate of drug-likeness (QED) is 0.871. The number of nitrogens with zero attached hydrogens (tertiary/aromatic N) is 1. The van der Waals surface area contributed by atoms with Crippen molar-refractivity contribution in [1.29, 1.82) is 0 Å². The summed E-state index contributed by atoms with van der Waals surface area (Å²) in [7, 11) is 0. The molecule has 1 saturated heterocycles. The van der Waals surface area contributed by atoms with Crippen LogP contribution >= 0.6 is 0 Å². The molecule has 2 amide bonds. The molecule has 5 heteroatoms. The maximum atomic E-state index is 12.7. The number of carbonyl (C=O) groups excluding carboxylic acids is 2. The van der Waals surface area contributed by atoms with Crippen LogP contribution in [0.2, 0.25) is 0 Å². The predicted octanol–water partition coefficient (Wildman–Crippen LogP) is 2.91. The second-order valence-electron chi connectivity index (χ2n) is 6.49. The SMILES string of the molecule is CCOc1ccccc1[C@H](CC(=O)N1CCC(C)CC1)NC(C)=O. The zero-order chi connectivity index (χ0) is 17.5. The molecule has 1 aromatic carbocycles. The zero-order valence-electron chi connectivity index (χ0n) is 14.9. The number of carbonyl (C=O) groups is 2. The molecular weight excluding hydrogens is 304 g/mol. The fourth-order valence-electron chi connectivity index (χ4n) is 3.10. The van der Waals surface area contributed by atoms with Gasteiger partial charge in [-0.15, -0.1) is 0 Å². The van der Waals surface area contributed by atoms with Gasteiger partial charge in [-0.2, -0.15) is 0 Å². The van der Waals surface area contributed by atoms with Gasteiger partial charge in [-0.1, -0.05) is 25.1 Å². The summed E-state index contributed by atoms with van der Waals surface area (Å²) in [4.78, 5) is 26.2. The lowest BCUT2D eigenvalue weighted by Gasteiger charge is -2.32. The van der Waals surface area contributed by atoms with Crippen LogP contribution in [-0.4, -0.2) is 36.4 Å². The second kappa shape index (κ2) is 8.71. The summed E-state index contributed by atoms with van der Waals surface area (Å²) in [6.45, 7) is 7.77. The maximum Gasteiger partial charge on any atom is 0.224 e. The molecule has 1 aliphatic heterocycles. The van der Waals surface area contributed by atoms with Crippen LogP contribution < -0.4 is 10.1 Å². The Morgan fingerprint density at radius 1 is 1.29 bits per heavy atom. The molecule has 2 rings (SSSR count). The highest BCUT2D eigenvalue weighted by Gasteiger charge is 2.25. The smallest absolute Gasteiger partial charge is 0.224 e. The Bertz CT molecular complexity index is 565. The summed E-state index contributed by atoms with van der Waals surface area (Å²) in [5.74, 6) is 1.34. The van der Waals surface area contributed by atoms with E-state index in [9.17, 15) is 9.59 Å². The van der Waals surface area contributed by atoms with Crippen molar-refractivity contribution in [2.24, 2.45) is 5.92 Å². The Labute approximate surface area is 144 Å². The van der Waals surface area contributed by atoms with Crippen LogP contribution in [0.15, 0.2) is 24.3 Å². The lowest BCUT2D eigenvalue weighted by atomic mass is 9.97. The minimum atomic E-state index is -0.364. The van der Waals surface area contributed by atoms with E-state index in [0.717, 1.165) is 37.2 Å². The summed E-state index contributed by atoms with van der Waals surface area (Å²) < 4.78 is 5.66. The number of nitrogens with one attached hydrogen (secondary N) is 1. The molecule has 0 unspecified atom stereocenters. The van der Waals surface area contributed by atoms with Crippen LogP contribution in [-0.2, 0) is 9.59 Å². The van der Waals surface area contributed by atoms with Gasteiger partial charge in [0.05, 0.1) is 19.1 Å². The average Bonchev–Trinajstić information content (AvgIpc) is 2.55. The van der Waals surface area contributed by atoms with E-state index in [4.69, 9.17) is 4.74 Å². The summed E-state index contributed by atoms with van der Waals surface area (Å²) in [5.41, 5.74) is 0.855. The number of piperidine rings is 1. The molecule has 0 aromatic heterocycles. The van der Waals surface area contributed by atoms with E-state index in [-0.39, 0.29) is 24.3 Å². The van der Waals surface area contributed by atoms with Crippen LogP contribution in [0.4, 0.5) is 0 Å². The van der Waals surface area contributed by atoms with Crippen molar-refractivity contribution in [2.45, 2.75) is 46.1 Å². The molecule has 1 fully saturated rings.